The Bertz CT molecular complexity index is 1940. The molecule has 0 heterocycles. The Hall–Kier alpha value is -5.57. The van der Waals surface area contributed by atoms with Gasteiger partial charge in [-0.05, 0) is 83.6 Å². The molecule has 0 fully saturated rings. The third-order valence-electron chi connectivity index (χ3n) is 7.28. The van der Waals surface area contributed by atoms with Gasteiger partial charge >= 0.3 is 22.3 Å². The molecule has 278 valence electrons. The molecule has 0 aromatic heterocycles. The second-order valence-electron chi connectivity index (χ2n) is 13.2. The number of nitrogens with two attached hydrogens (primary N) is 1. The van der Waals surface area contributed by atoms with Crippen molar-refractivity contribution in [1.29, 1.82) is 0 Å². The fourth-order valence-corrected chi connectivity index (χ4v) is 5.04. The number of hydrogen-bond donors (Lipinski definition) is 4. The molecule has 0 amide bonds. The Labute approximate surface area is 308 Å². The minimum Gasteiger partial charge on any atom is -0.489 e. The topological polar surface area (TPSA) is 192 Å². The normalized spacial score (nSPS) is 12.4. The molecular weight excluding hydrogens is 703 g/mol. The maximum Gasteiger partial charge on any atom is 0.394 e. The van der Waals surface area contributed by atoms with Gasteiger partial charge in [-0.3, -0.25) is 14.8 Å². The summed E-state index contributed by atoms with van der Waals surface area (Å²) in [5.41, 5.74) is 7.03. The molecule has 12 nitrogen and oxygen atoms in total. The lowest BCUT2D eigenvalue weighted by Gasteiger charge is -2.31. The van der Waals surface area contributed by atoms with Crippen LogP contribution in [0.4, 0.5) is 0 Å². The average molecular weight is 744 g/mol. The number of aliphatic hydroxyl groups is 1. The lowest BCUT2D eigenvalue weighted by molar-refractivity contribution is 0.00239. The number of carbonyl (C=O) groups excluding carboxylic acids is 2. The first-order valence-corrected chi connectivity index (χ1v) is 17.7. The van der Waals surface area contributed by atoms with Gasteiger partial charge in [0.2, 0.25) is 0 Å². The van der Waals surface area contributed by atoms with Gasteiger partial charge in [-0.1, -0.05) is 81.4 Å². The molecule has 5 aromatic carbocycles. The predicted octanol–water partition coefficient (Wildman–Crippen LogP) is 7.17. The summed E-state index contributed by atoms with van der Waals surface area (Å²) < 4.78 is 54.6. The molecule has 1 atom stereocenters. The van der Waals surface area contributed by atoms with Crippen LogP contribution < -0.4 is 24.7 Å². The zero-order valence-corrected chi connectivity index (χ0v) is 30.2. The number of ether oxygens (including phenoxy) is 4. The minimum atomic E-state index is -4.67. The van der Waals surface area contributed by atoms with Crippen molar-refractivity contribution in [3.05, 3.63) is 155 Å². The van der Waals surface area contributed by atoms with Crippen LogP contribution in [-0.4, -0.2) is 34.6 Å². The highest BCUT2D eigenvalue weighted by molar-refractivity contribution is 7.79. The van der Waals surface area contributed by atoms with Crippen LogP contribution in [-0.2, 0) is 29.3 Å². The Morgan fingerprint density at radius 3 is 1.30 bits per heavy atom. The van der Waals surface area contributed by atoms with Gasteiger partial charge in [-0.15, -0.1) is 0 Å². The molecule has 0 aliphatic rings. The first-order valence-electron chi connectivity index (χ1n) is 16.3. The van der Waals surface area contributed by atoms with Gasteiger partial charge in [-0.25, -0.2) is 9.59 Å². The maximum atomic E-state index is 13.1. The van der Waals surface area contributed by atoms with Crippen LogP contribution in [0.25, 0.3) is 0 Å². The van der Waals surface area contributed by atoms with Crippen molar-refractivity contribution in [2.45, 2.75) is 46.1 Å². The number of rotatable bonds is 12. The fraction of sp³-hybridized carbons (Fsp3) is 0.200. The third kappa shape index (κ3) is 14.2. The molecule has 5 N–H and O–H groups in total. The summed E-state index contributed by atoms with van der Waals surface area (Å²) in [4.78, 5) is 26.3. The first kappa shape index (κ1) is 40.2. The van der Waals surface area contributed by atoms with E-state index >= 15 is 0 Å². The summed E-state index contributed by atoms with van der Waals surface area (Å²) >= 11 is 0. The minimum absolute atomic E-state index is 0.0483. The zero-order valence-electron chi connectivity index (χ0n) is 29.3. The molecule has 5 aromatic rings. The molecule has 0 spiro atoms. The molecular formula is C40H41NO11S. The molecule has 0 saturated heterocycles. The number of esters is 2. The molecule has 0 aliphatic carbocycles. The van der Waals surface area contributed by atoms with E-state index in [1.807, 2.05) is 81.4 Å². The van der Waals surface area contributed by atoms with Crippen molar-refractivity contribution < 1.29 is 51.2 Å². The van der Waals surface area contributed by atoms with Crippen LogP contribution in [0.5, 0.6) is 23.0 Å². The van der Waals surface area contributed by atoms with Gasteiger partial charge < -0.3 is 24.1 Å². The Balaban J connectivity index is 0.00000117. The highest BCUT2D eigenvalue weighted by Crippen LogP contribution is 2.35. The van der Waals surface area contributed by atoms with Crippen LogP contribution in [0.1, 0.15) is 64.6 Å². The lowest BCUT2D eigenvalue weighted by atomic mass is 9.83. The highest BCUT2D eigenvalue weighted by atomic mass is 32.3. The summed E-state index contributed by atoms with van der Waals surface area (Å²) in [6, 6.07) is 37.0. The van der Waals surface area contributed by atoms with Crippen LogP contribution in [0, 0.1) is 5.41 Å². The van der Waals surface area contributed by atoms with E-state index in [1.54, 1.807) is 48.5 Å². The predicted molar refractivity (Wildman–Crippen MR) is 197 cm³/mol. The van der Waals surface area contributed by atoms with E-state index in [0.717, 1.165) is 11.1 Å². The van der Waals surface area contributed by atoms with Crippen LogP contribution >= 0.6 is 0 Å². The first-order chi connectivity index (χ1) is 24.9. The summed E-state index contributed by atoms with van der Waals surface area (Å²) in [6.07, 6.45) is 0.180. The van der Waals surface area contributed by atoms with E-state index in [1.165, 1.54) is 18.2 Å². The Morgan fingerprint density at radius 2 is 0.962 bits per heavy atom. The summed E-state index contributed by atoms with van der Waals surface area (Å²) in [7, 11) is -4.67. The molecule has 5 rings (SSSR count). The smallest absolute Gasteiger partial charge is 0.394 e. The molecule has 13 heteroatoms. The van der Waals surface area contributed by atoms with Crippen LogP contribution in [0.3, 0.4) is 0 Å². The van der Waals surface area contributed by atoms with Gasteiger partial charge in [0.1, 0.15) is 41.9 Å². The van der Waals surface area contributed by atoms with Crippen molar-refractivity contribution >= 4 is 22.3 Å². The number of hydrogen-bond acceptors (Lipinski definition) is 10. The molecule has 0 saturated carbocycles. The van der Waals surface area contributed by atoms with Gasteiger partial charge in [0.25, 0.3) is 0 Å². The van der Waals surface area contributed by atoms with E-state index in [2.05, 4.69) is 0 Å². The Morgan fingerprint density at radius 1 is 0.604 bits per heavy atom. The molecule has 53 heavy (non-hydrogen) atoms. The van der Waals surface area contributed by atoms with Gasteiger partial charge in [0.05, 0.1) is 11.1 Å². The monoisotopic (exact) mass is 743 g/mol. The fourth-order valence-electron chi connectivity index (χ4n) is 5.04. The highest BCUT2D eigenvalue weighted by Gasteiger charge is 2.31. The van der Waals surface area contributed by atoms with Gasteiger partial charge in [0, 0.05) is 11.6 Å². The summed E-state index contributed by atoms with van der Waals surface area (Å²) in [6.45, 7) is 6.60. The lowest BCUT2D eigenvalue weighted by Crippen LogP contribution is -2.40. The quantitative estimate of drug-likeness (QED) is 0.0437. The van der Waals surface area contributed by atoms with Gasteiger partial charge in [0.15, 0.2) is 0 Å². The SMILES string of the molecule is CC(C)(C)CC(N)(O)c1cc(OC(=O)c2ccc(OCc3ccccc3)cc2)cc(OC(=O)c2ccc(OCc3ccccc3)cc2)c1.O=S(=O)(O)O. The summed E-state index contributed by atoms with van der Waals surface area (Å²) in [5, 5.41) is 11.3. The number of benzene rings is 5. The second-order valence-corrected chi connectivity index (χ2v) is 14.1. The Kier molecular flexibility index (Phi) is 13.5. The average Bonchev–Trinajstić information content (AvgIpc) is 3.09. The van der Waals surface area contributed by atoms with E-state index in [-0.39, 0.29) is 40.0 Å². The van der Waals surface area contributed by atoms with Crippen molar-refractivity contribution in [1.82, 2.24) is 0 Å². The molecule has 0 radical (unpaired) electrons. The van der Waals surface area contributed by atoms with Crippen molar-refractivity contribution in [2.24, 2.45) is 11.1 Å². The largest absolute Gasteiger partial charge is 0.489 e. The van der Waals surface area contributed by atoms with E-state index in [9.17, 15) is 14.7 Å². The van der Waals surface area contributed by atoms with Crippen LogP contribution in [0.15, 0.2) is 127 Å². The number of carbonyl (C=O) groups is 2. The molecule has 0 bridgehead atoms. The van der Waals surface area contributed by atoms with E-state index < -0.39 is 28.1 Å². The van der Waals surface area contributed by atoms with E-state index in [4.69, 9.17) is 42.2 Å². The zero-order chi connectivity index (χ0) is 38.6. The van der Waals surface area contributed by atoms with Gasteiger partial charge in [-0.2, -0.15) is 8.42 Å². The maximum absolute atomic E-state index is 13.1. The van der Waals surface area contributed by atoms with Crippen molar-refractivity contribution in [2.75, 3.05) is 0 Å². The van der Waals surface area contributed by atoms with Crippen molar-refractivity contribution in [3.63, 3.8) is 0 Å². The second kappa shape index (κ2) is 17.8. The van der Waals surface area contributed by atoms with E-state index in [0.29, 0.717) is 24.7 Å². The summed E-state index contributed by atoms with van der Waals surface area (Å²) in [5.74, 6) is -0.0159. The van der Waals surface area contributed by atoms with Crippen LogP contribution in [0.2, 0.25) is 0 Å². The molecule has 0 aliphatic heterocycles. The standard InChI is InChI=1S/C40H39NO7.H2O4S/c1-39(2,3)27-40(41,44)32-22-35(47-37(42)30-14-18-33(19-15-30)45-25-28-10-6-4-7-11-28)24-36(23-32)48-38(43)31-16-20-34(21-17-31)46-26-29-12-8-5-9-13-29;1-5(2,3)4/h4-24,44H,25-27,41H2,1-3H3;(H2,1,2,3,4). The van der Waals surface area contributed by atoms with Crippen molar-refractivity contribution in [3.8, 4) is 23.0 Å². The third-order valence-corrected chi connectivity index (χ3v) is 7.28. The molecule has 1 unspecified atom stereocenters.